The lowest BCUT2D eigenvalue weighted by molar-refractivity contribution is -0.137. The molecule has 7 nitrogen and oxygen atoms in total. The van der Waals surface area contributed by atoms with Crippen molar-refractivity contribution >= 4 is 48.9 Å². The fraction of sp³-hybridized carbons (Fsp3) is 0.263. The number of nitrogens with zero attached hydrogens (tertiary/aromatic N) is 2. The number of anilines is 2. The minimum absolute atomic E-state index is 0.0701. The number of thiazole rings is 1. The van der Waals surface area contributed by atoms with Crippen molar-refractivity contribution in [2.45, 2.75) is 19.6 Å². The summed E-state index contributed by atoms with van der Waals surface area (Å²) >= 11 is 1.02. The predicted octanol–water partition coefficient (Wildman–Crippen LogP) is 3.51. The van der Waals surface area contributed by atoms with Crippen LogP contribution < -0.4 is 14.5 Å². The Hall–Kier alpha value is -2.86. The van der Waals surface area contributed by atoms with Crippen molar-refractivity contribution in [3.05, 3.63) is 57.7 Å². The third-order valence-corrected chi connectivity index (χ3v) is 6.52. The lowest BCUT2D eigenvalue weighted by atomic mass is 10.2. The van der Waals surface area contributed by atoms with Gasteiger partial charge in [-0.15, -0.1) is 0 Å². The van der Waals surface area contributed by atoms with Gasteiger partial charge in [-0.25, -0.2) is 8.42 Å². The number of alkyl halides is 3. The van der Waals surface area contributed by atoms with Gasteiger partial charge in [-0.05, 0) is 49.4 Å². The van der Waals surface area contributed by atoms with E-state index in [4.69, 9.17) is 0 Å². The van der Waals surface area contributed by atoms with E-state index < -0.39 is 34.2 Å². The first-order chi connectivity index (χ1) is 14.4. The normalized spacial score (nSPS) is 12.2. The van der Waals surface area contributed by atoms with Gasteiger partial charge in [0.1, 0.15) is 6.54 Å². The summed E-state index contributed by atoms with van der Waals surface area (Å²) in [4.78, 5) is 24.3. The van der Waals surface area contributed by atoms with E-state index in [0.717, 1.165) is 47.4 Å². The van der Waals surface area contributed by atoms with Crippen LogP contribution in [0.15, 0.2) is 47.3 Å². The molecule has 1 aromatic heterocycles. The van der Waals surface area contributed by atoms with Crippen molar-refractivity contribution in [3.8, 4) is 0 Å². The highest BCUT2D eigenvalue weighted by atomic mass is 32.2. The number of carbonyl (C=O) groups excluding carboxylic acids is 1. The molecule has 0 spiro atoms. The Bertz CT molecular complexity index is 1280. The lowest BCUT2D eigenvalue weighted by Gasteiger charge is -2.22. The maximum absolute atomic E-state index is 12.8. The van der Waals surface area contributed by atoms with Crippen molar-refractivity contribution in [2.24, 2.45) is 0 Å². The molecule has 1 N–H and O–H groups in total. The number of hydrogen-bond donors (Lipinski definition) is 1. The third kappa shape index (κ3) is 5.07. The largest absolute Gasteiger partial charge is 0.416 e. The maximum atomic E-state index is 12.8. The van der Waals surface area contributed by atoms with Crippen LogP contribution in [-0.4, -0.2) is 31.7 Å². The summed E-state index contributed by atoms with van der Waals surface area (Å²) in [6.45, 7) is 1.71. The summed E-state index contributed by atoms with van der Waals surface area (Å²) in [5.41, 5.74) is 0.0840. The molecule has 0 saturated heterocycles. The van der Waals surface area contributed by atoms with Gasteiger partial charge in [-0.3, -0.25) is 18.5 Å². The van der Waals surface area contributed by atoms with Crippen molar-refractivity contribution in [1.29, 1.82) is 0 Å². The number of sulfonamides is 1. The van der Waals surface area contributed by atoms with Gasteiger partial charge in [0.15, 0.2) is 0 Å². The topological polar surface area (TPSA) is 88.5 Å². The Labute approximate surface area is 179 Å². The zero-order valence-electron chi connectivity index (χ0n) is 16.4. The standard InChI is InChI=1S/C19H18F3N3O4S2/c1-3-24-15-9-6-13(10-16(15)30-18(24)27)23-17(26)11-25(31(2,28)29)14-7-4-12(5-8-14)19(20,21)22/h4-10H,3,11H2,1-2H3,(H,23,26). The fourth-order valence-electron chi connectivity index (χ4n) is 2.99. The average Bonchev–Trinajstić information content (AvgIpc) is 2.98. The average molecular weight is 473 g/mol. The number of carbonyl (C=O) groups is 1. The van der Waals surface area contributed by atoms with Crippen molar-refractivity contribution in [2.75, 3.05) is 22.4 Å². The van der Waals surface area contributed by atoms with Gasteiger partial charge >= 0.3 is 11.0 Å². The SMILES string of the molecule is CCn1c(=O)sc2cc(NC(=O)CN(c3ccc(C(F)(F)F)cc3)S(C)(=O)=O)ccc21. The molecule has 1 heterocycles. The molecule has 0 aliphatic rings. The first-order valence-corrected chi connectivity index (χ1v) is 11.6. The molecule has 0 atom stereocenters. The minimum atomic E-state index is -4.56. The Morgan fingerprint density at radius 3 is 2.35 bits per heavy atom. The van der Waals surface area contributed by atoms with Crippen LogP contribution in [0, 0.1) is 0 Å². The van der Waals surface area contributed by atoms with E-state index in [1.54, 1.807) is 22.8 Å². The molecule has 0 bridgehead atoms. The van der Waals surface area contributed by atoms with Crippen LogP contribution in [0.4, 0.5) is 24.5 Å². The molecule has 3 aromatic rings. The van der Waals surface area contributed by atoms with E-state index in [1.807, 2.05) is 6.92 Å². The zero-order chi connectivity index (χ0) is 23.0. The summed E-state index contributed by atoms with van der Waals surface area (Å²) in [5.74, 6) is -0.688. The summed E-state index contributed by atoms with van der Waals surface area (Å²) in [5, 5.41) is 2.56. The van der Waals surface area contributed by atoms with E-state index in [9.17, 15) is 31.2 Å². The predicted molar refractivity (Wildman–Crippen MR) is 114 cm³/mol. The Kier molecular flexibility index (Phi) is 6.14. The van der Waals surface area contributed by atoms with Crippen LogP contribution in [-0.2, 0) is 27.5 Å². The number of aromatic nitrogens is 1. The molecule has 0 unspecified atom stereocenters. The summed E-state index contributed by atoms with van der Waals surface area (Å²) in [7, 11) is -3.95. The minimum Gasteiger partial charge on any atom is -0.324 e. The molecule has 3 rings (SSSR count). The van der Waals surface area contributed by atoms with Crippen molar-refractivity contribution in [3.63, 3.8) is 0 Å². The van der Waals surface area contributed by atoms with E-state index >= 15 is 0 Å². The van der Waals surface area contributed by atoms with Crippen molar-refractivity contribution < 1.29 is 26.4 Å². The maximum Gasteiger partial charge on any atom is 0.416 e. The van der Waals surface area contributed by atoms with Gasteiger partial charge < -0.3 is 5.32 Å². The quantitative estimate of drug-likeness (QED) is 0.594. The molecule has 12 heteroatoms. The molecule has 0 radical (unpaired) electrons. The highest BCUT2D eigenvalue weighted by Crippen LogP contribution is 2.31. The second-order valence-corrected chi connectivity index (χ2v) is 9.56. The molecular weight excluding hydrogens is 455 g/mol. The van der Waals surface area contributed by atoms with Gasteiger partial charge in [-0.2, -0.15) is 13.2 Å². The van der Waals surface area contributed by atoms with Crippen LogP contribution in [0.2, 0.25) is 0 Å². The molecule has 166 valence electrons. The number of halogens is 3. The van der Waals surface area contributed by atoms with Gasteiger partial charge in [0.25, 0.3) is 0 Å². The first kappa shape index (κ1) is 22.8. The number of aryl methyl sites for hydroxylation is 1. The molecular formula is C19H18F3N3O4S2. The molecule has 31 heavy (non-hydrogen) atoms. The van der Waals surface area contributed by atoms with Gasteiger partial charge in [-0.1, -0.05) is 11.3 Å². The van der Waals surface area contributed by atoms with Gasteiger partial charge in [0, 0.05) is 12.2 Å². The Morgan fingerprint density at radius 2 is 1.81 bits per heavy atom. The smallest absolute Gasteiger partial charge is 0.324 e. The van der Waals surface area contributed by atoms with Crippen molar-refractivity contribution in [1.82, 2.24) is 4.57 Å². The first-order valence-electron chi connectivity index (χ1n) is 8.98. The zero-order valence-corrected chi connectivity index (χ0v) is 18.1. The van der Waals surface area contributed by atoms with E-state index in [1.165, 1.54) is 0 Å². The summed E-state index contributed by atoms with van der Waals surface area (Å²) in [6.07, 6.45) is -3.71. The Morgan fingerprint density at radius 1 is 1.16 bits per heavy atom. The monoisotopic (exact) mass is 473 g/mol. The lowest BCUT2D eigenvalue weighted by Crippen LogP contribution is -2.37. The summed E-state index contributed by atoms with van der Waals surface area (Å²) in [6, 6.07) is 8.36. The van der Waals surface area contributed by atoms with Gasteiger partial charge in [0.05, 0.1) is 27.7 Å². The molecule has 1 amide bonds. The van der Waals surface area contributed by atoms with E-state index in [2.05, 4.69) is 5.32 Å². The fourth-order valence-corrected chi connectivity index (χ4v) is 4.84. The number of benzene rings is 2. The number of hydrogen-bond acceptors (Lipinski definition) is 5. The molecule has 0 aliphatic heterocycles. The van der Waals surface area contributed by atoms with Gasteiger partial charge in [0.2, 0.25) is 15.9 Å². The number of nitrogens with one attached hydrogen (secondary N) is 1. The highest BCUT2D eigenvalue weighted by molar-refractivity contribution is 7.92. The van der Waals surface area contributed by atoms with E-state index in [0.29, 0.717) is 21.2 Å². The summed E-state index contributed by atoms with van der Waals surface area (Å²) < 4.78 is 65.5. The molecule has 0 fully saturated rings. The van der Waals surface area contributed by atoms with Crippen LogP contribution in [0.5, 0.6) is 0 Å². The second kappa shape index (κ2) is 8.35. The van der Waals surface area contributed by atoms with E-state index in [-0.39, 0.29) is 10.6 Å². The highest BCUT2D eigenvalue weighted by Gasteiger charge is 2.31. The van der Waals surface area contributed by atoms with Crippen LogP contribution in [0.3, 0.4) is 0 Å². The second-order valence-electron chi connectivity index (χ2n) is 6.66. The van der Waals surface area contributed by atoms with Crippen LogP contribution in [0.25, 0.3) is 10.2 Å². The molecule has 0 aliphatic carbocycles. The number of amides is 1. The Balaban J connectivity index is 1.82. The number of rotatable bonds is 6. The van der Waals surface area contributed by atoms with Crippen LogP contribution in [0.1, 0.15) is 12.5 Å². The number of fused-ring (bicyclic) bond motifs is 1. The van der Waals surface area contributed by atoms with Crippen LogP contribution >= 0.6 is 11.3 Å². The molecule has 2 aromatic carbocycles. The molecule has 0 saturated carbocycles. The third-order valence-electron chi connectivity index (χ3n) is 4.44.